The number of nitrogens with zero attached hydrogens (tertiary/aromatic N) is 1. The number of esters is 1. The summed E-state index contributed by atoms with van der Waals surface area (Å²) in [5.74, 6) is -1.05. The first-order valence-corrected chi connectivity index (χ1v) is 18.4. The number of nitrogens with one attached hydrogen (secondary N) is 4. The van der Waals surface area contributed by atoms with Gasteiger partial charge >= 0.3 is 5.97 Å². The van der Waals surface area contributed by atoms with Crippen LogP contribution in [0.4, 0.5) is 0 Å². The van der Waals surface area contributed by atoms with Crippen LogP contribution in [0, 0.1) is 5.41 Å². The van der Waals surface area contributed by atoms with Crippen LogP contribution in [0.5, 0.6) is 0 Å². The molecule has 0 bridgehead atoms. The fraction of sp³-hybridized carbons (Fsp3) is 0.806. The molecule has 16 heteroatoms. The highest BCUT2D eigenvalue weighted by molar-refractivity contribution is 14.1. The number of ether oxygens (including phenoxy) is 1. The number of thioether (sulfide) groups is 1. The largest absolute Gasteiger partial charge is 0.459 e. The molecule has 0 fully saturated rings. The topological polar surface area (TPSA) is 209 Å². The maximum absolute atomic E-state index is 12.5. The number of unbranched alkanes of at least 4 members (excludes halogenated alkanes) is 2. The minimum Gasteiger partial charge on any atom is -0.459 e. The SMILES string of the molecule is CCN(CC(C)(CCNC(=O)CCCCCSCNC(=O)[C@H](C)NC(=O)[C@H](C)NC(=O)[C@H](C)N)[C@@H](C)OC(=O)C(O)(I)CC)C(C)=O. The summed E-state index contributed by atoms with van der Waals surface area (Å²) >= 11 is 3.20. The maximum atomic E-state index is 12.5. The lowest BCUT2D eigenvalue weighted by Gasteiger charge is -2.39. The van der Waals surface area contributed by atoms with Crippen molar-refractivity contribution in [3.63, 3.8) is 0 Å². The van der Waals surface area contributed by atoms with Gasteiger partial charge in [-0.15, -0.1) is 11.8 Å². The summed E-state index contributed by atoms with van der Waals surface area (Å²) in [6.07, 6.45) is 2.76. The number of hydrogen-bond donors (Lipinski definition) is 6. The predicted molar refractivity (Wildman–Crippen MR) is 191 cm³/mol. The van der Waals surface area contributed by atoms with Crippen LogP contribution in [0.1, 0.15) is 93.9 Å². The molecule has 6 atom stereocenters. The number of amides is 5. The molecule has 0 aromatic rings. The summed E-state index contributed by atoms with van der Waals surface area (Å²) in [5, 5.41) is 21.0. The van der Waals surface area contributed by atoms with Gasteiger partial charge < -0.3 is 41.7 Å². The fourth-order valence-electron chi connectivity index (χ4n) is 4.23. The highest BCUT2D eigenvalue weighted by Crippen LogP contribution is 2.32. The van der Waals surface area contributed by atoms with E-state index in [9.17, 15) is 33.9 Å². The average molecular weight is 801 g/mol. The third kappa shape index (κ3) is 17.7. The summed E-state index contributed by atoms with van der Waals surface area (Å²) < 4.78 is 4.00. The Morgan fingerprint density at radius 1 is 0.936 bits per heavy atom. The van der Waals surface area contributed by atoms with Crippen LogP contribution >= 0.6 is 34.4 Å². The van der Waals surface area contributed by atoms with Gasteiger partial charge in [0.2, 0.25) is 33.1 Å². The minimum absolute atomic E-state index is 0.0918. The van der Waals surface area contributed by atoms with Gasteiger partial charge in [-0.2, -0.15) is 0 Å². The first-order valence-electron chi connectivity index (χ1n) is 16.2. The van der Waals surface area contributed by atoms with E-state index in [1.165, 1.54) is 32.5 Å². The van der Waals surface area contributed by atoms with Crippen molar-refractivity contribution in [1.29, 1.82) is 0 Å². The molecule has 14 nitrogen and oxygen atoms in total. The standard InChI is InChI=1S/C31H57IN6O8S/c1-9-31(32,45)29(44)46-23(6)30(8,18-38(10-2)24(7)39)15-16-34-25(40)14-12-11-13-17-47-19-35-27(42)21(4)37-28(43)22(5)36-26(41)20(3)33/h20-23,45H,9-19,33H2,1-8H3,(H,34,40)(H,35,42)(H,36,41)(H,37,43)/t20-,21-,22-,23+,30?,31?/m0/s1. The number of halogens is 1. The smallest absolute Gasteiger partial charge is 0.348 e. The van der Waals surface area contributed by atoms with E-state index in [2.05, 4.69) is 21.3 Å². The molecule has 0 aromatic heterocycles. The zero-order valence-electron chi connectivity index (χ0n) is 29.2. The van der Waals surface area contributed by atoms with Crippen LogP contribution in [-0.4, -0.2) is 105 Å². The van der Waals surface area contributed by atoms with Crippen LogP contribution in [0.25, 0.3) is 0 Å². The Morgan fingerprint density at radius 3 is 2.09 bits per heavy atom. The van der Waals surface area contributed by atoms with Gasteiger partial charge in [0, 0.05) is 38.4 Å². The second-order valence-corrected chi connectivity index (χ2v) is 15.0. The van der Waals surface area contributed by atoms with Crippen LogP contribution < -0.4 is 27.0 Å². The molecule has 0 radical (unpaired) electrons. The van der Waals surface area contributed by atoms with Gasteiger partial charge in [0.05, 0.1) is 11.9 Å². The zero-order valence-corrected chi connectivity index (χ0v) is 32.2. The van der Waals surface area contributed by atoms with Gasteiger partial charge in [-0.1, -0.05) is 20.3 Å². The molecule has 47 heavy (non-hydrogen) atoms. The predicted octanol–water partition coefficient (Wildman–Crippen LogP) is 1.56. The van der Waals surface area contributed by atoms with Crippen molar-refractivity contribution in [2.75, 3.05) is 31.3 Å². The molecule has 0 heterocycles. The summed E-state index contributed by atoms with van der Waals surface area (Å²) in [6.45, 7) is 14.4. The Labute approximate surface area is 297 Å². The number of aliphatic hydroxyl groups is 1. The van der Waals surface area contributed by atoms with Crippen molar-refractivity contribution in [2.24, 2.45) is 11.1 Å². The van der Waals surface area contributed by atoms with Gasteiger partial charge in [0.25, 0.3) is 0 Å². The molecule has 0 aliphatic rings. The number of rotatable bonds is 23. The quantitative estimate of drug-likeness (QED) is 0.0289. The van der Waals surface area contributed by atoms with Gasteiger partial charge in [-0.3, -0.25) is 24.0 Å². The van der Waals surface area contributed by atoms with E-state index >= 15 is 0 Å². The van der Waals surface area contributed by atoms with Crippen LogP contribution in [0.3, 0.4) is 0 Å². The van der Waals surface area contributed by atoms with Gasteiger partial charge in [0.15, 0.2) is 0 Å². The lowest BCUT2D eigenvalue weighted by molar-refractivity contribution is -0.167. The van der Waals surface area contributed by atoms with Crippen LogP contribution in [0.15, 0.2) is 0 Å². The van der Waals surface area contributed by atoms with E-state index in [0.717, 1.165) is 18.6 Å². The monoisotopic (exact) mass is 800 g/mol. The van der Waals surface area contributed by atoms with Crippen LogP contribution in [0.2, 0.25) is 0 Å². The molecular formula is C31H57IN6O8S. The van der Waals surface area contributed by atoms with E-state index in [1.807, 2.05) is 13.8 Å². The summed E-state index contributed by atoms with van der Waals surface area (Å²) in [7, 11) is 0. The highest BCUT2D eigenvalue weighted by atomic mass is 127. The zero-order chi connectivity index (χ0) is 36.4. The molecule has 0 aromatic carbocycles. The van der Waals surface area contributed by atoms with E-state index in [1.54, 1.807) is 48.3 Å². The number of nitrogens with two attached hydrogens (primary N) is 1. The number of carbonyl (C=O) groups is 6. The average Bonchev–Trinajstić information content (AvgIpc) is 3.00. The van der Waals surface area contributed by atoms with Crippen molar-refractivity contribution < 1.29 is 38.6 Å². The van der Waals surface area contributed by atoms with Gasteiger partial charge in [-0.05, 0) is 88.6 Å². The molecule has 7 N–H and O–H groups in total. The number of hydrogen-bond acceptors (Lipinski definition) is 10. The molecular weight excluding hydrogens is 743 g/mol. The van der Waals surface area contributed by atoms with Gasteiger partial charge in [0.1, 0.15) is 18.2 Å². The van der Waals surface area contributed by atoms with Crippen molar-refractivity contribution >= 4 is 69.9 Å². The molecule has 5 amide bonds. The van der Waals surface area contributed by atoms with E-state index in [-0.39, 0.29) is 24.1 Å². The summed E-state index contributed by atoms with van der Waals surface area (Å²) in [6, 6.07) is -2.34. The number of carbonyl (C=O) groups excluding carboxylic acids is 6. The molecule has 272 valence electrons. The molecule has 0 saturated carbocycles. The lowest BCUT2D eigenvalue weighted by atomic mass is 9.80. The van der Waals surface area contributed by atoms with E-state index in [4.69, 9.17) is 10.5 Å². The Kier molecular flexibility index (Phi) is 21.4. The Morgan fingerprint density at radius 2 is 1.53 bits per heavy atom. The highest BCUT2D eigenvalue weighted by Gasteiger charge is 2.40. The lowest BCUT2D eigenvalue weighted by Crippen LogP contribution is -2.53. The first-order chi connectivity index (χ1) is 21.8. The first kappa shape index (κ1) is 44.8. The molecule has 0 rings (SSSR count). The normalized spacial score (nSPS) is 16.2. The summed E-state index contributed by atoms with van der Waals surface area (Å²) in [5.41, 5.74) is 4.82. The van der Waals surface area contributed by atoms with Crippen molar-refractivity contribution in [2.45, 2.75) is 122 Å². The Balaban J connectivity index is 4.50. The molecule has 0 spiro atoms. The Bertz CT molecular complexity index is 1050. The van der Waals surface area contributed by atoms with Crippen molar-refractivity contribution in [1.82, 2.24) is 26.2 Å². The third-order valence-corrected chi connectivity index (χ3v) is 10.0. The second kappa shape index (κ2) is 22.5. The van der Waals surface area contributed by atoms with Crippen LogP contribution in [-0.2, 0) is 33.5 Å². The molecule has 0 aliphatic heterocycles. The van der Waals surface area contributed by atoms with Gasteiger partial charge in [-0.25, -0.2) is 4.79 Å². The maximum Gasteiger partial charge on any atom is 0.348 e. The number of alkyl halides is 1. The minimum atomic E-state index is -1.64. The molecule has 0 aliphatic carbocycles. The second-order valence-electron chi connectivity index (χ2n) is 12.1. The molecule has 2 unspecified atom stereocenters. The van der Waals surface area contributed by atoms with E-state index in [0.29, 0.717) is 44.8 Å². The summed E-state index contributed by atoms with van der Waals surface area (Å²) in [4.78, 5) is 75.0. The molecule has 0 saturated heterocycles. The third-order valence-electron chi connectivity index (χ3n) is 7.90. The van der Waals surface area contributed by atoms with Crippen molar-refractivity contribution in [3.8, 4) is 0 Å². The van der Waals surface area contributed by atoms with Crippen molar-refractivity contribution in [3.05, 3.63) is 0 Å². The van der Waals surface area contributed by atoms with E-state index < -0.39 is 51.0 Å². The Hall–Kier alpha value is -2.18. The fourth-order valence-corrected chi connectivity index (χ4v) is 5.16.